The lowest BCUT2D eigenvalue weighted by Crippen LogP contribution is -2.43. The van der Waals surface area contributed by atoms with Crippen molar-refractivity contribution in [2.24, 2.45) is 5.92 Å². The molecule has 0 bridgehead atoms. The number of hydrogen-bond donors (Lipinski definition) is 0. The zero-order chi connectivity index (χ0) is 12.2. The first-order valence-electron chi connectivity index (χ1n) is 5.18. The van der Waals surface area contributed by atoms with Gasteiger partial charge >= 0.3 is 5.97 Å². The molecule has 0 amide bonds. The van der Waals surface area contributed by atoms with Crippen LogP contribution < -0.4 is 0 Å². The maximum absolute atomic E-state index is 11.7. The van der Waals surface area contributed by atoms with Crippen LogP contribution >= 0.6 is 0 Å². The molecule has 0 spiro atoms. The number of ether oxygens (including phenoxy) is 1. The van der Waals surface area contributed by atoms with Gasteiger partial charge < -0.3 is 4.74 Å². The summed E-state index contributed by atoms with van der Waals surface area (Å²) in [4.78, 5) is 11.3. The van der Waals surface area contributed by atoms with Crippen molar-refractivity contribution in [1.82, 2.24) is 4.31 Å². The third-order valence-corrected chi connectivity index (χ3v) is 4.42. The molecule has 0 aliphatic carbocycles. The molecule has 1 aliphatic rings. The minimum absolute atomic E-state index is 0.0824. The average Bonchev–Trinajstić information content (AvgIpc) is 2.28. The number of carbonyl (C=O) groups excluding carboxylic acids is 1. The third-order valence-electron chi connectivity index (χ3n) is 2.64. The van der Waals surface area contributed by atoms with E-state index < -0.39 is 10.0 Å². The first-order chi connectivity index (χ1) is 7.51. The smallest absolute Gasteiger partial charge is 0.309 e. The summed E-state index contributed by atoms with van der Waals surface area (Å²) >= 11 is 0. The summed E-state index contributed by atoms with van der Waals surface area (Å²) in [6, 6.07) is 0. The van der Waals surface area contributed by atoms with Gasteiger partial charge in [0.2, 0.25) is 10.0 Å². The molecule has 0 radical (unpaired) electrons. The second kappa shape index (κ2) is 5.45. The van der Waals surface area contributed by atoms with Crippen molar-refractivity contribution < 1.29 is 17.9 Å². The zero-order valence-corrected chi connectivity index (χ0v) is 10.2. The van der Waals surface area contributed by atoms with Crippen molar-refractivity contribution in [2.75, 3.05) is 26.0 Å². The molecule has 1 atom stereocenters. The van der Waals surface area contributed by atoms with E-state index in [1.807, 2.05) is 0 Å². The lowest BCUT2D eigenvalue weighted by molar-refractivity contribution is -0.146. The van der Waals surface area contributed by atoms with E-state index >= 15 is 0 Å². The average molecular weight is 247 g/mol. The fraction of sp³-hybridized carbons (Fsp3) is 0.700. The number of esters is 1. The van der Waals surface area contributed by atoms with Gasteiger partial charge in [0.15, 0.2) is 0 Å². The summed E-state index contributed by atoms with van der Waals surface area (Å²) in [6.45, 7) is 4.11. The largest absolute Gasteiger partial charge is 0.469 e. The molecule has 16 heavy (non-hydrogen) atoms. The summed E-state index contributed by atoms with van der Waals surface area (Å²) in [5, 5.41) is 0. The molecule has 0 aromatic rings. The van der Waals surface area contributed by atoms with Crippen molar-refractivity contribution in [3.8, 4) is 0 Å². The second-order valence-corrected chi connectivity index (χ2v) is 5.80. The number of rotatable bonds is 4. The molecule has 5 nitrogen and oxygen atoms in total. The summed E-state index contributed by atoms with van der Waals surface area (Å²) in [6.07, 6.45) is 2.74. The molecule has 0 aromatic heterocycles. The Hall–Kier alpha value is -0.880. The van der Waals surface area contributed by atoms with Gasteiger partial charge in [-0.05, 0) is 12.8 Å². The van der Waals surface area contributed by atoms with Crippen LogP contribution in [0.3, 0.4) is 0 Å². The number of hydrogen-bond acceptors (Lipinski definition) is 4. The number of piperidine rings is 1. The maximum Gasteiger partial charge on any atom is 0.309 e. The highest BCUT2D eigenvalue weighted by molar-refractivity contribution is 7.89. The Morgan fingerprint density at radius 1 is 1.62 bits per heavy atom. The number of methoxy groups -OCH3 is 1. The molecule has 0 saturated carbocycles. The summed E-state index contributed by atoms with van der Waals surface area (Å²) in [5.74, 6) is -0.752. The third kappa shape index (κ3) is 3.05. The molecule has 1 saturated heterocycles. The zero-order valence-electron chi connectivity index (χ0n) is 9.39. The quantitative estimate of drug-likeness (QED) is 0.532. The number of sulfonamides is 1. The topological polar surface area (TPSA) is 63.7 Å². The first kappa shape index (κ1) is 13.2. The Labute approximate surface area is 96.1 Å². The SMILES string of the molecule is C=CCS(=O)(=O)N1CCC[C@H](C(=O)OC)C1. The van der Waals surface area contributed by atoms with Gasteiger partial charge in [-0.2, -0.15) is 0 Å². The highest BCUT2D eigenvalue weighted by Gasteiger charge is 2.31. The molecule has 1 fully saturated rings. The molecule has 92 valence electrons. The molecule has 1 aliphatic heterocycles. The summed E-state index contributed by atoms with van der Waals surface area (Å²) in [7, 11) is -1.98. The van der Waals surface area contributed by atoms with Gasteiger partial charge in [-0.1, -0.05) is 6.08 Å². The Morgan fingerprint density at radius 3 is 2.88 bits per heavy atom. The van der Waals surface area contributed by atoms with Crippen LogP contribution in [-0.2, 0) is 19.6 Å². The van der Waals surface area contributed by atoms with Gasteiger partial charge in [-0.25, -0.2) is 12.7 Å². The first-order valence-corrected chi connectivity index (χ1v) is 6.78. The van der Waals surface area contributed by atoms with Crippen LogP contribution in [0, 0.1) is 5.92 Å². The van der Waals surface area contributed by atoms with Crippen molar-refractivity contribution >= 4 is 16.0 Å². The van der Waals surface area contributed by atoms with E-state index in [-0.39, 0.29) is 24.2 Å². The van der Waals surface area contributed by atoms with Gasteiger partial charge in [-0.15, -0.1) is 6.58 Å². The second-order valence-electron chi connectivity index (χ2n) is 3.79. The molecular weight excluding hydrogens is 230 g/mol. The Balaban J connectivity index is 2.70. The highest BCUT2D eigenvalue weighted by atomic mass is 32.2. The monoisotopic (exact) mass is 247 g/mol. The van der Waals surface area contributed by atoms with E-state index in [1.54, 1.807) is 0 Å². The predicted octanol–water partition coefficient (Wildman–Crippen LogP) is 0.387. The van der Waals surface area contributed by atoms with Gasteiger partial charge in [0.05, 0.1) is 18.8 Å². The Morgan fingerprint density at radius 2 is 2.31 bits per heavy atom. The van der Waals surface area contributed by atoms with Crippen LogP contribution in [0.4, 0.5) is 0 Å². The lowest BCUT2D eigenvalue weighted by Gasteiger charge is -2.30. The van der Waals surface area contributed by atoms with Crippen LogP contribution in [-0.4, -0.2) is 44.6 Å². The minimum atomic E-state index is -3.30. The molecular formula is C10H17NO4S. The van der Waals surface area contributed by atoms with Gasteiger partial charge in [0.1, 0.15) is 0 Å². The standard InChI is InChI=1S/C10H17NO4S/c1-3-7-16(13,14)11-6-4-5-9(8-11)10(12)15-2/h3,9H,1,4-8H2,2H3/t9-/m0/s1. The fourth-order valence-corrected chi connectivity index (χ4v) is 3.13. The molecule has 6 heteroatoms. The summed E-state index contributed by atoms with van der Waals surface area (Å²) in [5.41, 5.74) is 0. The van der Waals surface area contributed by atoms with Crippen molar-refractivity contribution in [3.63, 3.8) is 0 Å². The van der Waals surface area contributed by atoms with Crippen LogP contribution in [0.25, 0.3) is 0 Å². The molecule has 1 rings (SSSR count). The van der Waals surface area contributed by atoms with E-state index in [0.29, 0.717) is 19.4 Å². The highest BCUT2D eigenvalue weighted by Crippen LogP contribution is 2.20. The van der Waals surface area contributed by atoms with Crippen LogP contribution in [0.15, 0.2) is 12.7 Å². The Kier molecular flexibility index (Phi) is 4.49. The Bertz CT molecular complexity index is 363. The van der Waals surface area contributed by atoms with Gasteiger partial charge in [-0.3, -0.25) is 4.79 Å². The lowest BCUT2D eigenvalue weighted by atomic mass is 10.0. The minimum Gasteiger partial charge on any atom is -0.469 e. The van der Waals surface area contributed by atoms with Crippen molar-refractivity contribution in [3.05, 3.63) is 12.7 Å². The molecule has 1 heterocycles. The van der Waals surface area contributed by atoms with E-state index in [0.717, 1.165) is 0 Å². The fourth-order valence-electron chi connectivity index (χ4n) is 1.81. The van der Waals surface area contributed by atoms with Crippen LogP contribution in [0.1, 0.15) is 12.8 Å². The molecule has 0 aromatic carbocycles. The number of carbonyl (C=O) groups is 1. The molecule has 0 unspecified atom stereocenters. The van der Waals surface area contributed by atoms with E-state index in [9.17, 15) is 13.2 Å². The van der Waals surface area contributed by atoms with Crippen LogP contribution in [0.2, 0.25) is 0 Å². The van der Waals surface area contributed by atoms with Crippen molar-refractivity contribution in [2.45, 2.75) is 12.8 Å². The van der Waals surface area contributed by atoms with Crippen LogP contribution in [0.5, 0.6) is 0 Å². The van der Waals surface area contributed by atoms with Gasteiger partial charge in [0.25, 0.3) is 0 Å². The van der Waals surface area contributed by atoms with Gasteiger partial charge in [0, 0.05) is 13.1 Å². The predicted molar refractivity (Wildman–Crippen MR) is 60.3 cm³/mol. The van der Waals surface area contributed by atoms with E-state index in [2.05, 4.69) is 11.3 Å². The number of nitrogens with zero attached hydrogens (tertiary/aromatic N) is 1. The normalized spacial score (nSPS) is 22.7. The van der Waals surface area contributed by atoms with E-state index in [4.69, 9.17) is 0 Å². The van der Waals surface area contributed by atoms with Crippen molar-refractivity contribution in [1.29, 1.82) is 0 Å². The maximum atomic E-state index is 11.7. The molecule has 0 N–H and O–H groups in total. The van der Waals surface area contributed by atoms with E-state index in [1.165, 1.54) is 17.5 Å². The summed E-state index contributed by atoms with van der Waals surface area (Å²) < 4.78 is 29.5.